The molecule has 0 aliphatic carbocycles. The number of phenols is 1. The Morgan fingerprint density at radius 2 is 1.35 bits per heavy atom. The van der Waals surface area contributed by atoms with Crippen molar-refractivity contribution in [1.29, 1.82) is 0 Å². The molecule has 0 bridgehead atoms. The van der Waals surface area contributed by atoms with Gasteiger partial charge in [-0.2, -0.15) is 0 Å². The van der Waals surface area contributed by atoms with Crippen molar-refractivity contribution in [2.45, 2.75) is 104 Å². The van der Waals surface area contributed by atoms with Gasteiger partial charge in [0.2, 0.25) is 0 Å². The van der Waals surface area contributed by atoms with Gasteiger partial charge in [0.25, 0.3) is 0 Å². The normalized spacial score (nSPS) is 11.8. The molecule has 0 saturated carbocycles. The third kappa shape index (κ3) is 7.90. The summed E-state index contributed by atoms with van der Waals surface area (Å²) in [5.74, 6) is 0.452. The Labute approximate surface area is 144 Å². The van der Waals surface area contributed by atoms with Crippen LogP contribution in [0.3, 0.4) is 0 Å². The molecule has 0 radical (unpaired) electrons. The molecule has 0 saturated heterocycles. The molecule has 1 N–H and O–H groups in total. The van der Waals surface area contributed by atoms with Crippen LogP contribution in [-0.4, -0.2) is 5.11 Å². The van der Waals surface area contributed by atoms with E-state index in [9.17, 15) is 5.11 Å². The van der Waals surface area contributed by atoms with E-state index >= 15 is 0 Å². The lowest BCUT2D eigenvalue weighted by Crippen LogP contribution is -2.17. The predicted molar refractivity (Wildman–Crippen MR) is 102 cm³/mol. The highest BCUT2D eigenvalue weighted by atomic mass is 16.3. The van der Waals surface area contributed by atoms with E-state index in [1.54, 1.807) is 0 Å². The van der Waals surface area contributed by atoms with Gasteiger partial charge >= 0.3 is 0 Å². The second kappa shape index (κ2) is 10.7. The third-order valence-electron chi connectivity index (χ3n) is 5.04. The second-order valence-electron chi connectivity index (χ2n) is 7.84. The number of hydrogen-bond donors (Lipinski definition) is 1. The van der Waals surface area contributed by atoms with Crippen LogP contribution in [0.5, 0.6) is 5.75 Å². The summed E-state index contributed by atoms with van der Waals surface area (Å²) in [6, 6.07) is 5.96. The molecule has 0 aliphatic rings. The summed E-state index contributed by atoms with van der Waals surface area (Å²) in [4.78, 5) is 0. The number of aromatic hydroxyl groups is 1. The molecule has 0 unspecified atom stereocenters. The first-order valence-electron chi connectivity index (χ1n) is 9.77. The SMILES string of the molecule is CCCCCCCCCCCCC(C)(C)c1cc(C)ccc1O. The standard InChI is InChI=1S/C22H38O/c1-5-6-7-8-9-10-11-12-13-14-17-22(3,4)20-18-19(2)15-16-21(20)23/h15-16,18,23H,5-14,17H2,1-4H3. The van der Waals surface area contributed by atoms with Gasteiger partial charge in [-0.1, -0.05) is 103 Å². The third-order valence-corrected chi connectivity index (χ3v) is 5.04. The van der Waals surface area contributed by atoms with Gasteiger partial charge in [-0.15, -0.1) is 0 Å². The molecule has 23 heavy (non-hydrogen) atoms. The van der Waals surface area contributed by atoms with Gasteiger partial charge < -0.3 is 5.11 Å². The number of benzene rings is 1. The molecule has 1 nitrogen and oxygen atoms in total. The zero-order chi connectivity index (χ0) is 17.1. The first kappa shape index (κ1) is 20.1. The lowest BCUT2D eigenvalue weighted by atomic mass is 9.79. The fourth-order valence-electron chi connectivity index (χ4n) is 3.38. The maximum atomic E-state index is 10.1. The zero-order valence-corrected chi connectivity index (χ0v) is 16.0. The Hall–Kier alpha value is -0.980. The van der Waals surface area contributed by atoms with E-state index in [0.717, 1.165) is 12.0 Å². The van der Waals surface area contributed by atoms with Crippen LogP contribution in [0.15, 0.2) is 18.2 Å². The van der Waals surface area contributed by atoms with E-state index < -0.39 is 0 Å². The van der Waals surface area contributed by atoms with Crippen molar-refractivity contribution in [3.8, 4) is 5.75 Å². The van der Waals surface area contributed by atoms with Crippen molar-refractivity contribution in [3.63, 3.8) is 0 Å². The average molecular weight is 319 g/mol. The molecule has 1 aromatic rings. The quantitative estimate of drug-likeness (QED) is 0.401. The van der Waals surface area contributed by atoms with Crippen LogP contribution < -0.4 is 0 Å². The van der Waals surface area contributed by atoms with Gasteiger partial charge in [0.05, 0.1) is 0 Å². The summed E-state index contributed by atoms with van der Waals surface area (Å²) in [5.41, 5.74) is 2.40. The summed E-state index contributed by atoms with van der Waals surface area (Å²) >= 11 is 0. The Morgan fingerprint density at radius 1 is 0.826 bits per heavy atom. The maximum Gasteiger partial charge on any atom is 0.119 e. The molecule has 0 aromatic heterocycles. The van der Waals surface area contributed by atoms with Crippen LogP contribution in [0.4, 0.5) is 0 Å². The summed E-state index contributed by atoms with van der Waals surface area (Å²) in [5, 5.41) is 10.1. The Morgan fingerprint density at radius 3 is 1.91 bits per heavy atom. The van der Waals surface area contributed by atoms with Crippen LogP contribution in [0.1, 0.15) is 103 Å². The number of phenolic OH excluding ortho intramolecular Hbond substituents is 1. The minimum atomic E-state index is 0.0657. The molecule has 0 aliphatic heterocycles. The van der Waals surface area contributed by atoms with Crippen LogP contribution >= 0.6 is 0 Å². The lowest BCUT2D eigenvalue weighted by molar-refractivity contribution is 0.404. The molecule has 1 aromatic carbocycles. The van der Waals surface area contributed by atoms with Gasteiger partial charge in [0, 0.05) is 0 Å². The Kier molecular flexibility index (Phi) is 9.36. The predicted octanol–water partition coefficient (Wildman–Crippen LogP) is 7.29. The highest BCUT2D eigenvalue weighted by Gasteiger charge is 2.23. The van der Waals surface area contributed by atoms with Crippen molar-refractivity contribution in [3.05, 3.63) is 29.3 Å². The summed E-state index contributed by atoms with van der Waals surface area (Å²) in [6.45, 7) is 8.89. The maximum absolute atomic E-state index is 10.1. The lowest BCUT2D eigenvalue weighted by Gasteiger charge is -2.26. The van der Waals surface area contributed by atoms with Gasteiger partial charge in [0.1, 0.15) is 5.75 Å². The number of unbranched alkanes of at least 4 members (excludes halogenated alkanes) is 9. The molecule has 0 amide bonds. The van der Waals surface area contributed by atoms with Crippen LogP contribution in [0.2, 0.25) is 0 Å². The van der Waals surface area contributed by atoms with Crippen molar-refractivity contribution >= 4 is 0 Å². The first-order valence-corrected chi connectivity index (χ1v) is 9.77. The molecular formula is C22H38O. The van der Waals surface area contributed by atoms with E-state index in [0.29, 0.717) is 5.75 Å². The topological polar surface area (TPSA) is 20.2 Å². The monoisotopic (exact) mass is 318 g/mol. The van der Waals surface area contributed by atoms with Gasteiger partial charge in [-0.05, 0) is 30.4 Å². The van der Waals surface area contributed by atoms with Crippen LogP contribution in [0, 0.1) is 6.92 Å². The summed E-state index contributed by atoms with van der Waals surface area (Å²) in [7, 11) is 0. The number of hydrogen-bond acceptors (Lipinski definition) is 1. The van der Waals surface area contributed by atoms with Gasteiger partial charge in [-0.25, -0.2) is 0 Å². The molecule has 132 valence electrons. The number of rotatable bonds is 12. The minimum absolute atomic E-state index is 0.0657. The minimum Gasteiger partial charge on any atom is -0.508 e. The van der Waals surface area contributed by atoms with E-state index in [4.69, 9.17) is 0 Å². The molecule has 1 heteroatoms. The van der Waals surface area contributed by atoms with E-state index in [2.05, 4.69) is 33.8 Å². The second-order valence-corrected chi connectivity index (χ2v) is 7.84. The smallest absolute Gasteiger partial charge is 0.119 e. The molecular weight excluding hydrogens is 280 g/mol. The van der Waals surface area contributed by atoms with Crippen LogP contribution in [-0.2, 0) is 5.41 Å². The fraction of sp³-hybridized carbons (Fsp3) is 0.727. The Bertz CT molecular complexity index is 434. The van der Waals surface area contributed by atoms with E-state index in [-0.39, 0.29) is 5.41 Å². The zero-order valence-electron chi connectivity index (χ0n) is 16.0. The first-order chi connectivity index (χ1) is 11.0. The van der Waals surface area contributed by atoms with Crippen LogP contribution in [0.25, 0.3) is 0 Å². The molecule has 0 heterocycles. The summed E-state index contributed by atoms with van der Waals surface area (Å²) in [6.07, 6.45) is 14.9. The highest BCUT2D eigenvalue weighted by Crippen LogP contribution is 2.35. The molecule has 0 spiro atoms. The molecule has 0 atom stereocenters. The number of aryl methyl sites for hydroxylation is 1. The van der Waals surface area contributed by atoms with E-state index in [1.165, 1.54) is 69.8 Å². The van der Waals surface area contributed by atoms with Gasteiger partial charge in [0.15, 0.2) is 0 Å². The van der Waals surface area contributed by atoms with E-state index in [1.807, 2.05) is 12.1 Å². The highest BCUT2D eigenvalue weighted by molar-refractivity contribution is 5.40. The largest absolute Gasteiger partial charge is 0.508 e. The van der Waals surface area contributed by atoms with Gasteiger partial charge in [-0.3, -0.25) is 0 Å². The van der Waals surface area contributed by atoms with Crippen molar-refractivity contribution in [1.82, 2.24) is 0 Å². The van der Waals surface area contributed by atoms with Crippen molar-refractivity contribution in [2.75, 3.05) is 0 Å². The Balaban J connectivity index is 2.18. The fourth-order valence-corrected chi connectivity index (χ4v) is 3.38. The molecule has 1 rings (SSSR count). The summed E-state index contributed by atoms with van der Waals surface area (Å²) < 4.78 is 0. The van der Waals surface area contributed by atoms with Crippen molar-refractivity contribution < 1.29 is 5.11 Å². The molecule has 0 fully saturated rings. The average Bonchev–Trinajstić information content (AvgIpc) is 2.51. The van der Waals surface area contributed by atoms with Crippen molar-refractivity contribution in [2.24, 2.45) is 0 Å².